The van der Waals surface area contributed by atoms with Gasteiger partial charge in [0.2, 0.25) is 0 Å². The van der Waals surface area contributed by atoms with Gasteiger partial charge in [-0.05, 0) is 117 Å². The number of aliphatic hydroxyl groups excluding tert-OH is 1. The zero-order chi connectivity index (χ0) is 34.8. The SMILES string of the molecule is CCO[C@@H](C1C[C@@H](C)[C@H]2C(O1)[C@H](O)[C@@]1(C)C3CC[C@H]4C(C)(C)[C@@H](O[C@H]5CN(c6cnccn6)CCO5)CCC45C[C@@]35CC[C@]21C)C(C)(C)O. The molecule has 1 aromatic heterocycles. The highest BCUT2D eigenvalue weighted by molar-refractivity contribution is 5.36. The third kappa shape index (κ3) is 4.77. The van der Waals surface area contributed by atoms with Crippen LogP contribution in [0.15, 0.2) is 18.6 Å². The number of aromatic nitrogens is 2. The van der Waals surface area contributed by atoms with Gasteiger partial charge < -0.3 is 34.1 Å². The van der Waals surface area contributed by atoms with Crippen molar-refractivity contribution >= 4 is 5.82 Å². The van der Waals surface area contributed by atoms with Crippen LogP contribution < -0.4 is 4.90 Å². The smallest absolute Gasteiger partial charge is 0.175 e. The second-order valence-corrected chi connectivity index (χ2v) is 19.0. The Balaban J connectivity index is 1.02. The summed E-state index contributed by atoms with van der Waals surface area (Å²) in [7, 11) is 0. The topological polar surface area (TPSA) is 106 Å². The molecule has 7 fully saturated rings. The zero-order valence-corrected chi connectivity index (χ0v) is 31.4. The average Bonchev–Trinajstić information content (AvgIpc) is 3.69. The number of rotatable bonds is 7. The highest BCUT2D eigenvalue weighted by atomic mass is 16.7. The molecular formula is C40H63N3O6. The second-order valence-electron chi connectivity index (χ2n) is 19.0. The summed E-state index contributed by atoms with van der Waals surface area (Å²) in [5.41, 5.74) is -0.585. The Morgan fingerprint density at radius 3 is 2.53 bits per heavy atom. The number of nitrogens with zero attached hydrogens (tertiary/aromatic N) is 3. The molecular weight excluding hydrogens is 618 g/mol. The van der Waals surface area contributed by atoms with E-state index < -0.39 is 17.8 Å². The molecule has 2 saturated heterocycles. The van der Waals surface area contributed by atoms with Gasteiger partial charge in [0.1, 0.15) is 11.9 Å². The van der Waals surface area contributed by atoms with Crippen molar-refractivity contribution < 1.29 is 29.2 Å². The molecule has 5 aliphatic carbocycles. The molecule has 0 bridgehead atoms. The van der Waals surface area contributed by atoms with E-state index in [1.807, 2.05) is 27.0 Å². The van der Waals surface area contributed by atoms with Crippen molar-refractivity contribution in [2.45, 2.75) is 149 Å². The van der Waals surface area contributed by atoms with Gasteiger partial charge in [0.15, 0.2) is 6.29 Å². The molecule has 5 saturated carbocycles. The first-order valence-electron chi connectivity index (χ1n) is 19.6. The van der Waals surface area contributed by atoms with Crippen LogP contribution in [0, 0.1) is 50.7 Å². The van der Waals surface area contributed by atoms with Crippen molar-refractivity contribution in [2.24, 2.45) is 50.7 Å². The Bertz CT molecular complexity index is 1390. The first-order chi connectivity index (χ1) is 23.1. The van der Waals surface area contributed by atoms with Gasteiger partial charge in [-0.3, -0.25) is 4.98 Å². The van der Waals surface area contributed by atoms with E-state index in [2.05, 4.69) is 49.5 Å². The summed E-state index contributed by atoms with van der Waals surface area (Å²) in [5, 5.41) is 23.7. The summed E-state index contributed by atoms with van der Waals surface area (Å²) >= 11 is 0. The van der Waals surface area contributed by atoms with E-state index in [1.165, 1.54) is 25.7 Å². The lowest BCUT2D eigenvalue weighted by molar-refractivity contribution is -0.234. The lowest BCUT2D eigenvalue weighted by atomic mass is 9.41. The summed E-state index contributed by atoms with van der Waals surface area (Å²) in [6.45, 7) is 20.5. The fourth-order valence-corrected chi connectivity index (χ4v) is 14.2. The maximum absolute atomic E-state index is 12.6. The zero-order valence-electron chi connectivity index (χ0n) is 31.4. The van der Waals surface area contributed by atoms with Gasteiger partial charge >= 0.3 is 0 Å². The van der Waals surface area contributed by atoms with Gasteiger partial charge in [0.05, 0.1) is 49.4 Å². The second kappa shape index (κ2) is 11.6. The first-order valence-corrected chi connectivity index (χ1v) is 19.6. The summed E-state index contributed by atoms with van der Waals surface area (Å²) < 4.78 is 26.2. The monoisotopic (exact) mass is 681 g/mol. The van der Waals surface area contributed by atoms with E-state index in [4.69, 9.17) is 18.9 Å². The Hall–Kier alpha value is -1.36. The van der Waals surface area contributed by atoms with E-state index in [-0.39, 0.29) is 46.3 Å². The fourth-order valence-electron chi connectivity index (χ4n) is 14.2. The molecule has 2 N–H and O–H groups in total. The van der Waals surface area contributed by atoms with Crippen LogP contribution in [0.5, 0.6) is 0 Å². The number of hydrogen-bond acceptors (Lipinski definition) is 9. The molecule has 4 unspecified atom stereocenters. The van der Waals surface area contributed by atoms with Gasteiger partial charge in [-0.2, -0.15) is 0 Å². The third-order valence-electron chi connectivity index (χ3n) is 16.4. The molecule has 2 aliphatic heterocycles. The predicted octanol–water partition coefficient (Wildman–Crippen LogP) is 6.01. The molecule has 274 valence electrons. The van der Waals surface area contributed by atoms with E-state index >= 15 is 0 Å². The van der Waals surface area contributed by atoms with Crippen LogP contribution in [0.3, 0.4) is 0 Å². The van der Waals surface area contributed by atoms with E-state index in [0.29, 0.717) is 48.8 Å². The van der Waals surface area contributed by atoms with Crippen LogP contribution in [0.2, 0.25) is 0 Å². The lowest BCUT2D eigenvalue weighted by Crippen LogP contribution is -2.60. The molecule has 9 heteroatoms. The van der Waals surface area contributed by atoms with E-state index in [0.717, 1.165) is 38.0 Å². The van der Waals surface area contributed by atoms with Crippen LogP contribution in [0.25, 0.3) is 0 Å². The summed E-state index contributed by atoms with van der Waals surface area (Å²) in [5.74, 6) is 2.65. The maximum Gasteiger partial charge on any atom is 0.175 e. The highest BCUT2D eigenvalue weighted by Gasteiger charge is 2.84. The number of morpholine rings is 1. The van der Waals surface area contributed by atoms with Gasteiger partial charge in [-0.1, -0.05) is 34.6 Å². The number of anilines is 1. The van der Waals surface area contributed by atoms with Crippen LogP contribution in [-0.4, -0.2) is 88.9 Å². The van der Waals surface area contributed by atoms with Gasteiger partial charge in [-0.15, -0.1) is 0 Å². The van der Waals surface area contributed by atoms with Crippen LogP contribution in [-0.2, 0) is 18.9 Å². The Morgan fingerprint density at radius 2 is 1.82 bits per heavy atom. The third-order valence-corrected chi connectivity index (χ3v) is 16.4. The molecule has 1 aromatic rings. The van der Waals surface area contributed by atoms with Gasteiger partial charge in [0.25, 0.3) is 0 Å². The Labute approximate surface area is 294 Å². The minimum atomic E-state index is -1.02. The highest BCUT2D eigenvalue weighted by Crippen LogP contribution is 2.89. The number of hydrogen-bond donors (Lipinski definition) is 2. The van der Waals surface area contributed by atoms with Crippen molar-refractivity contribution in [2.75, 3.05) is 31.2 Å². The number of ether oxygens (including phenoxy) is 4. The molecule has 14 atom stereocenters. The van der Waals surface area contributed by atoms with Crippen molar-refractivity contribution in [3.8, 4) is 0 Å². The molecule has 9 nitrogen and oxygen atoms in total. The van der Waals surface area contributed by atoms with Crippen molar-refractivity contribution in [1.82, 2.24) is 9.97 Å². The lowest BCUT2D eigenvalue weighted by Gasteiger charge is -2.64. The Kier molecular flexibility index (Phi) is 8.20. The van der Waals surface area contributed by atoms with E-state index in [9.17, 15) is 10.2 Å². The summed E-state index contributed by atoms with van der Waals surface area (Å²) in [4.78, 5) is 11.0. The predicted molar refractivity (Wildman–Crippen MR) is 187 cm³/mol. The fraction of sp³-hybridized carbons (Fsp3) is 0.900. The normalized spacial score (nSPS) is 49.2. The summed E-state index contributed by atoms with van der Waals surface area (Å²) in [6, 6.07) is 0. The number of aliphatic hydroxyl groups is 2. The molecule has 2 spiro atoms. The molecule has 7 aliphatic rings. The number of fused-ring (bicyclic) bond motifs is 4. The van der Waals surface area contributed by atoms with Crippen molar-refractivity contribution in [3.05, 3.63) is 18.6 Å². The maximum atomic E-state index is 12.6. The van der Waals surface area contributed by atoms with Gasteiger partial charge in [-0.25, -0.2) is 4.98 Å². The first kappa shape index (κ1) is 34.7. The molecule has 0 aromatic carbocycles. The van der Waals surface area contributed by atoms with Crippen molar-refractivity contribution in [3.63, 3.8) is 0 Å². The summed E-state index contributed by atoms with van der Waals surface area (Å²) in [6.07, 6.45) is 12.9. The minimum Gasteiger partial charge on any atom is -0.390 e. The Morgan fingerprint density at radius 1 is 1.06 bits per heavy atom. The molecule has 0 amide bonds. The largest absolute Gasteiger partial charge is 0.390 e. The van der Waals surface area contributed by atoms with Crippen molar-refractivity contribution in [1.29, 1.82) is 0 Å². The molecule has 49 heavy (non-hydrogen) atoms. The van der Waals surface area contributed by atoms with Gasteiger partial charge in [0, 0.05) is 31.0 Å². The van der Waals surface area contributed by atoms with Crippen LogP contribution in [0.1, 0.15) is 107 Å². The van der Waals surface area contributed by atoms with E-state index in [1.54, 1.807) is 12.4 Å². The average molecular weight is 682 g/mol. The standard InChI is InChI=1S/C40H63N3O6/c1-9-46-34(36(5,6)45)25-20-24(2)31-32(48-25)33(44)38(8)27-11-10-26-35(3,4)28(12-13-39(26)23-40(27,39)15-14-37(31,38)7)49-30-22-43(18-19-47-30)29-21-41-16-17-42-29/h16-17,21,24-28,30-34,44-45H,9-15,18-20,22-23H2,1-8H3/t24-,25?,26+,27?,28+,30+,31+,32?,33+,34+,37-,38-,39?,40+/m1/s1. The quantitative estimate of drug-likeness (QED) is 0.358. The molecule has 8 rings (SSSR count). The van der Waals surface area contributed by atoms with Crippen LogP contribution >= 0.6 is 0 Å². The van der Waals surface area contributed by atoms with Crippen LogP contribution in [0.4, 0.5) is 5.82 Å². The molecule has 0 radical (unpaired) electrons. The molecule has 3 heterocycles. The minimum absolute atomic E-state index is 0.00695.